The number of carbonyl (C=O) groups excluding carboxylic acids is 2. The van der Waals surface area contributed by atoms with E-state index in [-0.39, 0.29) is 24.5 Å². The molecule has 0 spiro atoms. The van der Waals surface area contributed by atoms with Crippen molar-refractivity contribution in [1.29, 1.82) is 0 Å². The van der Waals surface area contributed by atoms with E-state index in [2.05, 4.69) is 10.0 Å². The van der Waals surface area contributed by atoms with Gasteiger partial charge in [0.1, 0.15) is 11.4 Å². The number of methoxy groups -OCH3 is 1. The number of hydrogen-bond acceptors (Lipinski definition) is 6. The summed E-state index contributed by atoms with van der Waals surface area (Å²) in [5.41, 5.74) is 9.00. The normalized spacial score (nSPS) is 10.5. The predicted molar refractivity (Wildman–Crippen MR) is 82.7 cm³/mol. The highest BCUT2D eigenvalue weighted by molar-refractivity contribution is 5.95. The minimum Gasteiger partial charge on any atom is -0.496 e. The summed E-state index contributed by atoms with van der Waals surface area (Å²) in [6.07, 6.45) is 1.29. The number of rotatable bonds is 7. The Balaban J connectivity index is 3.33. The number of hydrogen-bond donors (Lipinski definition) is 0. The van der Waals surface area contributed by atoms with Crippen LogP contribution in [-0.2, 0) is 14.3 Å². The standard InChI is InChI=1S/C15H17N3O5/c1-4-22-14(19)10-6-7-13(21-3)11(8-10)9-12(17-18-16)15(20)23-5-2/h6-9H,4-5H2,1-3H3/b12-9-. The molecule has 0 aliphatic rings. The van der Waals surface area contributed by atoms with Crippen LogP contribution in [0.15, 0.2) is 29.0 Å². The Bertz CT molecular complexity index is 663. The third kappa shape index (κ3) is 5.05. The molecule has 122 valence electrons. The number of ether oxygens (including phenoxy) is 3. The Labute approximate surface area is 133 Å². The monoisotopic (exact) mass is 319 g/mol. The topological polar surface area (TPSA) is 111 Å². The van der Waals surface area contributed by atoms with E-state index in [1.807, 2.05) is 0 Å². The van der Waals surface area contributed by atoms with E-state index in [1.165, 1.54) is 25.3 Å². The fraction of sp³-hybridized carbons (Fsp3) is 0.333. The van der Waals surface area contributed by atoms with E-state index in [4.69, 9.17) is 19.7 Å². The molecule has 1 aromatic rings. The summed E-state index contributed by atoms with van der Waals surface area (Å²) in [5.74, 6) is -0.881. The quantitative estimate of drug-likeness (QED) is 0.252. The minimum atomic E-state index is -0.770. The molecule has 0 aliphatic heterocycles. The van der Waals surface area contributed by atoms with Crippen LogP contribution in [0.4, 0.5) is 0 Å². The predicted octanol–water partition coefficient (Wildman–Crippen LogP) is 3.09. The molecule has 0 saturated heterocycles. The van der Waals surface area contributed by atoms with Gasteiger partial charge in [-0.2, -0.15) is 0 Å². The fourth-order valence-corrected chi connectivity index (χ4v) is 1.72. The third-order valence-electron chi connectivity index (χ3n) is 2.67. The van der Waals surface area contributed by atoms with Crippen molar-refractivity contribution in [2.24, 2.45) is 5.11 Å². The van der Waals surface area contributed by atoms with Gasteiger partial charge in [-0.25, -0.2) is 9.59 Å². The molecule has 0 aromatic heterocycles. The fourth-order valence-electron chi connectivity index (χ4n) is 1.72. The average molecular weight is 319 g/mol. The molecule has 1 rings (SSSR count). The van der Waals surface area contributed by atoms with Gasteiger partial charge in [0, 0.05) is 10.5 Å². The first-order valence-corrected chi connectivity index (χ1v) is 6.86. The Kier molecular flexibility index (Phi) is 7.16. The lowest BCUT2D eigenvalue weighted by molar-refractivity contribution is -0.138. The van der Waals surface area contributed by atoms with Gasteiger partial charge in [-0.15, -0.1) is 0 Å². The van der Waals surface area contributed by atoms with E-state index < -0.39 is 11.9 Å². The van der Waals surface area contributed by atoms with Crippen molar-refractivity contribution in [3.05, 3.63) is 45.5 Å². The van der Waals surface area contributed by atoms with Gasteiger partial charge >= 0.3 is 11.9 Å². The summed E-state index contributed by atoms with van der Waals surface area (Å²) in [4.78, 5) is 26.2. The molecule has 8 heteroatoms. The summed E-state index contributed by atoms with van der Waals surface area (Å²) in [6.45, 7) is 3.70. The molecule has 0 radical (unpaired) electrons. The SMILES string of the molecule is CCOC(=O)/C(=C/c1cc(C(=O)OCC)ccc1OC)N=[N+]=[N-]. The second-order valence-corrected chi connectivity index (χ2v) is 4.12. The van der Waals surface area contributed by atoms with Gasteiger partial charge in [-0.3, -0.25) is 0 Å². The van der Waals surface area contributed by atoms with Crippen LogP contribution in [-0.4, -0.2) is 32.3 Å². The second-order valence-electron chi connectivity index (χ2n) is 4.12. The molecule has 0 atom stereocenters. The first-order valence-electron chi connectivity index (χ1n) is 6.86. The van der Waals surface area contributed by atoms with Crippen molar-refractivity contribution >= 4 is 18.0 Å². The third-order valence-corrected chi connectivity index (χ3v) is 2.67. The maximum absolute atomic E-state index is 11.8. The van der Waals surface area contributed by atoms with E-state index in [9.17, 15) is 9.59 Å². The number of nitrogens with zero attached hydrogens (tertiary/aromatic N) is 3. The van der Waals surface area contributed by atoms with Crippen LogP contribution in [0.1, 0.15) is 29.8 Å². The van der Waals surface area contributed by atoms with E-state index in [0.717, 1.165) is 0 Å². The molecule has 1 aromatic carbocycles. The first kappa shape index (κ1) is 18.1. The smallest absolute Gasteiger partial charge is 0.340 e. The molecule has 0 bridgehead atoms. The van der Waals surface area contributed by atoms with Crippen molar-refractivity contribution in [3.8, 4) is 5.75 Å². The molecular weight excluding hydrogens is 302 g/mol. The highest BCUT2D eigenvalue weighted by Crippen LogP contribution is 2.24. The van der Waals surface area contributed by atoms with Crippen molar-refractivity contribution in [2.75, 3.05) is 20.3 Å². The molecule has 0 amide bonds. The number of azide groups is 1. The van der Waals surface area contributed by atoms with E-state index >= 15 is 0 Å². The summed E-state index contributed by atoms with van der Waals surface area (Å²) in [5, 5.41) is 3.32. The van der Waals surface area contributed by atoms with Crippen LogP contribution in [0, 0.1) is 0 Å². The zero-order valence-electron chi connectivity index (χ0n) is 13.1. The maximum atomic E-state index is 11.8. The summed E-state index contributed by atoms with van der Waals surface area (Å²) in [7, 11) is 1.44. The first-order chi connectivity index (χ1) is 11.1. The molecule has 0 saturated carbocycles. The zero-order valence-corrected chi connectivity index (χ0v) is 13.1. The molecule has 0 fully saturated rings. The van der Waals surface area contributed by atoms with Gasteiger partial charge in [0.25, 0.3) is 0 Å². The highest BCUT2D eigenvalue weighted by Gasteiger charge is 2.13. The van der Waals surface area contributed by atoms with Crippen molar-refractivity contribution < 1.29 is 23.8 Å². The molecule has 0 N–H and O–H groups in total. The zero-order chi connectivity index (χ0) is 17.2. The van der Waals surface area contributed by atoms with Gasteiger partial charge in [0.2, 0.25) is 0 Å². The van der Waals surface area contributed by atoms with Crippen molar-refractivity contribution in [3.63, 3.8) is 0 Å². The Hall–Kier alpha value is -2.99. The van der Waals surface area contributed by atoms with Gasteiger partial charge in [-0.1, -0.05) is 5.11 Å². The van der Waals surface area contributed by atoms with Gasteiger partial charge in [0.05, 0.1) is 25.9 Å². The van der Waals surface area contributed by atoms with Crippen LogP contribution in [0.5, 0.6) is 5.75 Å². The lowest BCUT2D eigenvalue weighted by atomic mass is 10.1. The largest absolute Gasteiger partial charge is 0.496 e. The van der Waals surface area contributed by atoms with Gasteiger partial charge in [0.15, 0.2) is 0 Å². The highest BCUT2D eigenvalue weighted by atomic mass is 16.5. The van der Waals surface area contributed by atoms with Gasteiger partial charge < -0.3 is 14.2 Å². The summed E-state index contributed by atoms with van der Waals surface area (Å²) < 4.78 is 14.9. The average Bonchev–Trinajstić information content (AvgIpc) is 2.54. The van der Waals surface area contributed by atoms with Crippen LogP contribution in [0.3, 0.4) is 0 Å². The maximum Gasteiger partial charge on any atom is 0.340 e. The van der Waals surface area contributed by atoms with E-state index in [0.29, 0.717) is 11.3 Å². The minimum absolute atomic E-state index is 0.136. The molecule has 0 unspecified atom stereocenters. The Morgan fingerprint density at radius 3 is 2.52 bits per heavy atom. The summed E-state index contributed by atoms with van der Waals surface area (Å²) in [6, 6.07) is 4.56. The second kappa shape index (κ2) is 9.11. The van der Waals surface area contributed by atoms with Crippen LogP contribution < -0.4 is 4.74 Å². The number of carbonyl (C=O) groups is 2. The Morgan fingerprint density at radius 2 is 1.96 bits per heavy atom. The Morgan fingerprint density at radius 1 is 1.26 bits per heavy atom. The lowest BCUT2D eigenvalue weighted by Crippen LogP contribution is -2.07. The van der Waals surface area contributed by atoms with Crippen LogP contribution in [0.25, 0.3) is 16.5 Å². The van der Waals surface area contributed by atoms with Crippen molar-refractivity contribution in [1.82, 2.24) is 0 Å². The summed E-state index contributed by atoms with van der Waals surface area (Å²) >= 11 is 0. The van der Waals surface area contributed by atoms with Crippen LogP contribution in [0.2, 0.25) is 0 Å². The number of benzene rings is 1. The van der Waals surface area contributed by atoms with Gasteiger partial charge in [-0.05, 0) is 43.7 Å². The molecule has 0 heterocycles. The van der Waals surface area contributed by atoms with E-state index in [1.54, 1.807) is 19.9 Å². The molecule has 8 nitrogen and oxygen atoms in total. The molecule has 23 heavy (non-hydrogen) atoms. The molecule has 0 aliphatic carbocycles. The van der Waals surface area contributed by atoms with Crippen molar-refractivity contribution in [2.45, 2.75) is 13.8 Å². The van der Waals surface area contributed by atoms with Crippen LogP contribution >= 0.6 is 0 Å². The lowest BCUT2D eigenvalue weighted by Gasteiger charge is -2.09. The molecular formula is C15H17N3O5. The number of esters is 2.